The number of furan rings is 1. The summed E-state index contributed by atoms with van der Waals surface area (Å²) in [6.07, 6.45) is 4.65. The molecule has 148 valence electrons. The van der Waals surface area contributed by atoms with Crippen LogP contribution >= 0.6 is 0 Å². The fourth-order valence-corrected chi connectivity index (χ4v) is 4.03. The van der Waals surface area contributed by atoms with Crippen LogP contribution in [0.1, 0.15) is 48.7 Å². The molecular formula is C20H28N2O5. The molecule has 2 unspecified atom stereocenters. The van der Waals surface area contributed by atoms with E-state index in [1.807, 2.05) is 0 Å². The van der Waals surface area contributed by atoms with Crippen LogP contribution in [0.3, 0.4) is 0 Å². The Morgan fingerprint density at radius 1 is 1.11 bits per heavy atom. The number of rotatable bonds is 4. The molecule has 7 nitrogen and oxygen atoms in total. The predicted octanol–water partition coefficient (Wildman–Crippen LogP) is 2.24. The van der Waals surface area contributed by atoms with Gasteiger partial charge in [0.25, 0.3) is 5.91 Å². The molecule has 2 aliphatic heterocycles. The third-order valence-electron chi connectivity index (χ3n) is 5.50. The number of amides is 2. The Balaban J connectivity index is 1.62. The second-order valence-corrected chi connectivity index (χ2v) is 7.36. The van der Waals surface area contributed by atoms with Crippen LogP contribution in [-0.4, -0.2) is 60.4 Å². The zero-order chi connectivity index (χ0) is 19.4. The van der Waals surface area contributed by atoms with Crippen molar-refractivity contribution in [3.05, 3.63) is 23.7 Å². The highest BCUT2D eigenvalue weighted by atomic mass is 16.5. The summed E-state index contributed by atoms with van der Waals surface area (Å²) in [5, 5.41) is 0. The van der Waals surface area contributed by atoms with Crippen molar-refractivity contribution < 1.29 is 23.5 Å². The monoisotopic (exact) mass is 376 g/mol. The molecule has 3 rings (SSSR count). The summed E-state index contributed by atoms with van der Waals surface area (Å²) in [6, 6.07) is 1.68. The minimum absolute atomic E-state index is 0.0467. The topological polar surface area (TPSA) is 80.1 Å². The minimum atomic E-state index is -0.238. The summed E-state index contributed by atoms with van der Waals surface area (Å²) in [5.41, 5.74) is 0.559. The molecule has 2 saturated heterocycles. The first-order valence-electron chi connectivity index (χ1n) is 9.80. The molecule has 1 aromatic rings. The molecule has 0 bridgehead atoms. The number of aryl methyl sites for hydroxylation is 1. The first kappa shape index (κ1) is 19.5. The van der Waals surface area contributed by atoms with E-state index in [0.717, 1.165) is 25.7 Å². The van der Waals surface area contributed by atoms with Crippen LogP contribution < -0.4 is 0 Å². The summed E-state index contributed by atoms with van der Waals surface area (Å²) in [4.78, 5) is 41.3. The molecule has 2 aliphatic rings. The Morgan fingerprint density at radius 2 is 1.78 bits per heavy atom. The number of piperidine rings is 2. The predicted molar refractivity (Wildman–Crippen MR) is 98.0 cm³/mol. The zero-order valence-electron chi connectivity index (χ0n) is 16.1. The molecule has 0 radical (unpaired) electrons. The molecule has 0 aromatic carbocycles. The van der Waals surface area contributed by atoms with Gasteiger partial charge in [0.1, 0.15) is 5.76 Å². The van der Waals surface area contributed by atoms with Gasteiger partial charge in [-0.15, -0.1) is 0 Å². The van der Waals surface area contributed by atoms with Crippen molar-refractivity contribution in [2.24, 2.45) is 11.8 Å². The average Bonchev–Trinajstić information content (AvgIpc) is 3.13. The van der Waals surface area contributed by atoms with E-state index in [0.29, 0.717) is 44.1 Å². The fraction of sp³-hybridized carbons (Fsp3) is 0.650. The van der Waals surface area contributed by atoms with Crippen LogP contribution in [0.4, 0.5) is 0 Å². The molecule has 0 N–H and O–H groups in total. The van der Waals surface area contributed by atoms with E-state index in [9.17, 15) is 14.4 Å². The third-order valence-corrected chi connectivity index (χ3v) is 5.50. The summed E-state index contributed by atoms with van der Waals surface area (Å²) < 4.78 is 10.4. The lowest BCUT2D eigenvalue weighted by molar-refractivity contribution is -0.152. The largest absolute Gasteiger partial charge is 0.469 e. The zero-order valence-corrected chi connectivity index (χ0v) is 16.1. The number of nitrogens with zero attached hydrogens (tertiary/aromatic N) is 2. The van der Waals surface area contributed by atoms with Gasteiger partial charge in [-0.1, -0.05) is 0 Å². The Labute approximate surface area is 159 Å². The molecule has 2 amide bonds. The number of hydrogen-bond donors (Lipinski definition) is 0. The van der Waals surface area contributed by atoms with Crippen molar-refractivity contribution >= 4 is 17.8 Å². The van der Waals surface area contributed by atoms with Gasteiger partial charge in [0, 0.05) is 26.2 Å². The van der Waals surface area contributed by atoms with Gasteiger partial charge in [0.05, 0.1) is 30.3 Å². The number of ether oxygens (including phenoxy) is 1. The lowest BCUT2D eigenvalue weighted by Gasteiger charge is -2.37. The molecule has 0 aliphatic carbocycles. The minimum Gasteiger partial charge on any atom is -0.469 e. The Bertz CT molecular complexity index is 698. The third kappa shape index (κ3) is 4.34. The van der Waals surface area contributed by atoms with Crippen molar-refractivity contribution in [2.45, 2.75) is 39.5 Å². The highest BCUT2D eigenvalue weighted by Gasteiger charge is 2.35. The van der Waals surface area contributed by atoms with Crippen LogP contribution in [0.15, 0.2) is 16.7 Å². The van der Waals surface area contributed by atoms with Crippen molar-refractivity contribution in [1.82, 2.24) is 9.80 Å². The standard InChI is InChI=1S/C20H28N2O5/c1-3-26-20(25)16-7-5-9-21(13-16)18(23)15-6-4-10-22(12-15)19(24)17-8-11-27-14(17)2/h8,11,15-16H,3-7,9-10,12-13H2,1-2H3. The number of esters is 1. The van der Waals surface area contributed by atoms with E-state index in [1.165, 1.54) is 6.26 Å². The van der Waals surface area contributed by atoms with Gasteiger partial charge in [0.15, 0.2) is 0 Å². The smallest absolute Gasteiger partial charge is 0.310 e. The molecule has 2 fully saturated rings. The number of carbonyl (C=O) groups excluding carboxylic acids is 3. The maximum absolute atomic E-state index is 13.0. The Kier molecular flexibility index (Phi) is 6.19. The van der Waals surface area contributed by atoms with Crippen LogP contribution in [0.2, 0.25) is 0 Å². The molecule has 3 heterocycles. The fourth-order valence-electron chi connectivity index (χ4n) is 4.03. The normalized spacial score (nSPS) is 23.2. The SMILES string of the molecule is CCOC(=O)C1CCCN(C(=O)C2CCCN(C(=O)c3ccoc3C)C2)C1. The average molecular weight is 376 g/mol. The van der Waals surface area contributed by atoms with Gasteiger partial charge < -0.3 is 19.0 Å². The maximum Gasteiger partial charge on any atom is 0.310 e. The molecule has 7 heteroatoms. The van der Waals surface area contributed by atoms with Crippen LogP contribution in [0, 0.1) is 18.8 Å². The van der Waals surface area contributed by atoms with Crippen LogP contribution in [0.5, 0.6) is 0 Å². The first-order chi connectivity index (χ1) is 13.0. The second kappa shape index (κ2) is 8.59. The number of hydrogen-bond acceptors (Lipinski definition) is 5. The Morgan fingerprint density at radius 3 is 2.44 bits per heavy atom. The van der Waals surface area contributed by atoms with Gasteiger partial charge >= 0.3 is 5.97 Å². The van der Waals surface area contributed by atoms with Crippen LogP contribution in [0.25, 0.3) is 0 Å². The second-order valence-electron chi connectivity index (χ2n) is 7.36. The van der Waals surface area contributed by atoms with Gasteiger partial charge in [-0.25, -0.2) is 0 Å². The van der Waals surface area contributed by atoms with E-state index >= 15 is 0 Å². The van der Waals surface area contributed by atoms with E-state index < -0.39 is 0 Å². The van der Waals surface area contributed by atoms with Crippen molar-refractivity contribution in [2.75, 3.05) is 32.8 Å². The van der Waals surface area contributed by atoms with Gasteiger partial charge in [-0.2, -0.15) is 0 Å². The number of carbonyl (C=O) groups is 3. The van der Waals surface area contributed by atoms with E-state index in [-0.39, 0.29) is 29.6 Å². The van der Waals surface area contributed by atoms with Gasteiger partial charge in [-0.05, 0) is 45.6 Å². The van der Waals surface area contributed by atoms with E-state index in [1.54, 1.807) is 29.7 Å². The number of likely N-dealkylation sites (tertiary alicyclic amines) is 2. The molecule has 27 heavy (non-hydrogen) atoms. The van der Waals surface area contributed by atoms with Crippen molar-refractivity contribution in [3.8, 4) is 0 Å². The maximum atomic E-state index is 13.0. The van der Waals surface area contributed by atoms with Gasteiger partial charge in [-0.3, -0.25) is 14.4 Å². The molecule has 0 saturated carbocycles. The summed E-state index contributed by atoms with van der Waals surface area (Å²) >= 11 is 0. The first-order valence-corrected chi connectivity index (χ1v) is 9.80. The summed E-state index contributed by atoms with van der Waals surface area (Å²) in [6.45, 7) is 6.07. The highest BCUT2D eigenvalue weighted by molar-refractivity contribution is 5.95. The molecular weight excluding hydrogens is 348 g/mol. The molecule has 0 spiro atoms. The van der Waals surface area contributed by atoms with E-state index in [4.69, 9.17) is 9.15 Å². The summed E-state index contributed by atoms with van der Waals surface area (Å²) in [5.74, 6) is -0.103. The summed E-state index contributed by atoms with van der Waals surface area (Å²) in [7, 11) is 0. The highest BCUT2D eigenvalue weighted by Crippen LogP contribution is 2.25. The van der Waals surface area contributed by atoms with Crippen molar-refractivity contribution in [1.29, 1.82) is 0 Å². The lowest BCUT2D eigenvalue weighted by Crippen LogP contribution is -2.50. The Hall–Kier alpha value is -2.31. The van der Waals surface area contributed by atoms with Crippen molar-refractivity contribution in [3.63, 3.8) is 0 Å². The quantitative estimate of drug-likeness (QED) is 0.753. The molecule has 2 atom stereocenters. The van der Waals surface area contributed by atoms with Crippen LogP contribution in [-0.2, 0) is 14.3 Å². The lowest BCUT2D eigenvalue weighted by atomic mass is 9.92. The van der Waals surface area contributed by atoms with Gasteiger partial charge in [0.2, 0.25) is 5.91 Å². The van der Waals surface area contributed by atoms with E-state index in [2.05, 4.69) is 0 Å². The molecule has 1 aromatic heterocycles.